The number of hydrogen-bond acceptors (Lipinski definition) is 7. The van der Waals surface area contributed by atoms with Gasteiger partial charge in [-0.15, -0.1) is 0 Å². The Balaban J connectivity index is 1.57. The Hall–Kier alpha value is -2.82. The van der Waals surface area contributed by atoms with Crippen LogP contribution in [0.25, 0.3) is 0 Å². The summed E-state index contributed by atoms with van der Waals surface area (Å²) in [6, 6.07) is 11.4. The minimum atomic E-state index is -3.87. The summed E-state index contributed by atoms with van der Waals surface area (Å²) < 4.78 is 40.1. The van der Waals surface area contributed by atoms with Crippen LogP contribution >= 0.6 is 0 Å². The lowest BCUT2D eigenvalue weighted by Crippen LogP contribution is -2.43. The molecule has 0 aromatic heterocycles. The molecule has 0 bridgehead atoms. The molecule has 0 radical (unpaired) electrons. The number of nitrogens with one attached hydrogen (secondary N) is 3. The number of carbonyl (C=O) groups excluding carboxylic acids is 1. The number of rotatable bonds is 9. The Morgan fingerprint density at radius 3 is 2.62 bits per heavy atom. The highest BCUT2D eigenvalue weighted by Crippen LogP contribution is 2.30. The highest BCUT2D eigenvalue weighted by molar-refractivity contribution is 7.92. The summed E-state index contributed by atoms with van der Waals surface area (Å²) in [7, 11) is -3.87. The summed E-state index contributed by atoms with van der Waals surface area (Å²) in [6.07, 6.45) is 1.95. The molecule has 1 amide bonds. The van der Waals surface area contributed by atoms with Crippen LogP contribution in [-0.4, -0.2) is 66.4 Å². The number of benzene rings is 2. The van der Waals surface area contributed by atoms with E-state index in [0.717, 1.165) is 51.3 Å². The number of anilines is 2. The third-order valence-electron chi connectivity index (χ3n) is 5.92. The molecular formula is C24H32N4O5S. The van der Waals surface area contributed by atoms with E-state index >= 15 is 0 Å². The molecule has 10 heteroatoms. The quantitative estimate of drug-likeness (QED) is 0.497. The van der Waals surface area contributed by atoms with E-state index in [1.165, 1.54) is 12.1 Å². The lowest BCUT2D eigenvalue weighted by atomic mass is 10.1. The molecule has 3 N–H and O–H groups in total. The van der Waals surface area contributed by atoms with Gasteiger partial charge in [-0.3, -0.25) is 9.52 Å². The average Bonchev–Trinajstić information content (AvgIpc) is 3.37. The van der Waals surface area contributed by atoms with Crippen molar-refractivity contribution >= 4 is 27.3 Å². The molecule has 2 aliphatic rings. The van der Waals surface area contributed by atoms with Gasteiger partial charge in [-0.25, -0.2) is 8.42 Å². The van der Waals surface area contributed by atoms with Gasteiger partial charge in [0, 0.05) is 44.9 Å². The molecule has 1 unspecified atom stereocenters. The molecule has 2 saturated heterocycles. The SMILES string of the molecule is CCOc1ccc(S(=O)(=O)Nc2cc(C(=O)NCC3CCCO3)ccc2N2CCNCC2)cc1. The van der Waals surface area contributed by atoms with Gasteiger partial charge in [0.2, 0.25) is 0 Å². The smallest absolute Gasteiger partial charge is 0.261 e. The number of ether oxygens (including phenoxy) is 2. The maximum absolute atomic E-state index is 13.2. The molecule has 34 heavy (non-hydrogen) atoms. The summed E-state index contributed by atoms with van der Waals surface area (Å²) in [6.45, 7) is 6.60. The van der Waals surface area contributed by atoms with Gasteiger partial charge in [0.1, 0.15) is 5.75 Å². The van der Waals surface area contributed by atoms with Gasteiger partial charge >= 0.3 is 0 Å². The van der Waals surface area contributed by atoms with Crippen molar-refractivity contribution in [1.82, 2.24) is 10.6 Å². The first-order valence-corrected chi connectivity index (χ1v) is 13.2. The van der Waals surface area contributed by atoms with Gasteiger partial charge in [-0.1, -0.05) is 0 Å². The van der Waals surface area contributed by atoms with Gasteiger partial charge in [0.05, 0.1) is 29.0 Å². The number of sulfonamides is 1. The van der Waals surface area contributed by atoms with Gasteiger partial charge < -0.3 is 25.0 Å². The van der Waals surface area contributed by atoms with Crippen molar-refractivity contribution in [2.45, 2.75) is 30.8 Å². The van der Waals surface area contributed by atoms with Crippen molar-refractivity contribution in [3.8, 4) is 5.75 Å². The molecule has 4 rings (SSSR count). The maximum atomic E-state index is 13.2. The Labute approximate surface area is 200 Å². The van der Waals surface area contributed by atoms with Crippen LogP contribution in [0.3, 0.4) is 0 Å². The van der Waals surface area contributed by atoms with Crippen molar-refractivity contribution in [3.05, 3.63) is 48.0 Å². The number of amides is 1. The fourth-order valence-corrected chi connectivity index (χ4v) is 5.21. The monoisotopic (exact) mass is 488 g/mol. The van der Waals surface area contributed by atoms with Gasteiger partial charge in [-0.05, 0) is 62.2 Å². The van der Waals surface area contributed by atoms with Crippen LogP contribution in [0.4, 0.5) is 11.4 Å². The zero-order valence-electron chi connectivity index (χ0n) is 19.4. The zero-order valence-corrected chi connectivity index (χ0v) is 20.2. The Morgan fingerprint density at radius 2 is 1.94 bits per heavy atom. The predicted molar refractivity (Wildman–Crippen MR) is 131 cm³/mol. The molecule has 0 aliphatic carbocycles. The van der Waals surface area contributed by atoms with Gasteiger partial charge in [0.15, 0.2) is 0 Å². The summed E-state index contributed by atoms with van der Waals surface area (Å²) in [4.78, 5) is 15.0. The van der Waals surface area contributed by atoms with E-state index < -0.39 is 10.0 Å². The molecule has 9 nitrogen and oxygen atoms in total. The highest BCUT2D eigenvalue weighted by atomic mass is 32.2. The third kappa shape index (κ3) is 5.99. The molecule has 1 atom stereocenters. The van der Waals surface area contributed by atoms with E-state index in [2.05, 4.69) is 20.3 Å². The Kier molecular flexibility index (Phi) is 7.91. The van der Waals surface area contributed by atoms with E-state index in [0.29, 0.717) is 30.2 Å². The summed E-state index contributed by atoms with van der Waals surface area (Å²) >= 11 is 0. The second-order valence-corrected chi connectivity index (χ2v) is 10.0. The second-order valence-electron chi connectivity index (χ2n) is 8.32. The minimum absolute atomic E-state index is 0.0294. The topological polar surface area (TPSA) is 109 Å². The van der Waals surface area contributed by atoms with Crippen LogP contribution in [-0.2, 0) is 14.8 Å². The average molecular weight is 489 g/mol. The lowest BCUT2D eigenvalue weighted by Gasteiger charge is -2.31. The van der Waals surface area contributed by atoms with Crippen LogP contribution in [0.15, 0.2) is 47.4 Å². The molecule has 2 aromatic carbocycles. The third-order valence-corrected chi connectivity index (χ3v) is 7.30. The first kappa shape index (κ1) is 24.3. The summed E-state index contributed by atoms with van der Waals surface area (Å²) in [5, 5.41) is 6.20. The van der Waals surface area contributed by atoms with E-state index in [1.807, 2.05) is 13.0 Å². The van der Waals surface area contributed by atoms with Crippen molar-refractivity contribution < 1.29 is 22.7 Å². The van der Waals surface area contributed by atoms with E-state index in [-0.39, 0.29) is 16.9 Å². The fourth-order valence-electron chi connectivity index (χ4n) is 4.14. The highest BCUT2D eigenvalue weighted by Gasteiger charge is 2.22. The van der Waals surface area contributed by atoms with Crippen molar-refractivity contribution in [2.24, 2.45) is 0 Å². The van der Waals surface area contributed by atoms with Crippen LogP contribution in [0.2, 0.25) is 0 Å². The molecule has 2 aromatic rings. The number of carbonyl (C=O) groups is 1. The fraction of sp³-hybridized carbons (Fsp3) is 0.458. The van der Waals surface area contributed by atoms with Crippen LogP contribution in [0, 0.1) is 0 Å². The standard InChI is InChI=1S/C24H32N4O5S/c1-2-32-19-6-8-21(9-7-19)34(30,31)27-22-16-18(24(29)26-17-20-4-3-15-33-20)5-10-23(22)28-13-11-25-12-14-28/h5-10,16,20,25,27H,2-4,11-15,17H2,1H3,(H,26,29). The number of piperazine rings is 1. The summed E-state index contributed by atoms with van der Waals surface area (Å²) in [5.74, 6) is 0.344. The molecule has 2 fully saturated rings. The lowest BCUT2D eigenvalue weighted by molar-refractivity contribution is 0.0858. The van der Waals surface area contributed by atoms with E-state index in [9.17, 15) is 13.2 Å². The molecule has 0 saturated carbocycles. The minimum Gasteiger partial charge on any atom is -0.494 e. The number of nitrogens with zero attached hydrogens (tertiary/aromatic N) is 1. The van der Waals surface area contributed by atoms with E-state index in [1.54, 1.807) is 24.3 Å². The van der Waals surface area contributed by atoms with Crippen molar-refractivity contribution in [1.29, 1.82) is 0 Å². The molecule has 0 spiro atoms. The normalized spacial score (nSPS) is 18.5. The zero-order chi connectivity index (χ0) is 24.0. The number of hydrogen-bond donors (Lipinski definition) is 3. The second kappa shape index (κ2) is 11.1. The van der Waals surface area contributed by atoms with Gasteiger partial charge in [-0.2, -0.15) is 0 Å². The molecule has 184 valence electrons. The predicted octanol–water partition coefficient (Wildman–Crippen LogP) is 2.20. The van der Waals surface area contributed by atoms with Crippen LogP contribution in [0.5, 0.6) is 5.75 Å². The largest absolute Gasteiger partial charge is 0.494 e. The Morgan fingerprint density at radius 1 is 1.18 bits per heavy atom. The van der Waals surface area contributed by atoms with Crippen LogP contribution in [0.1, 0.15) is 30.1 Å². The first-order valence-electron chi connectivity index (χ1n) is 11.7. The summed E-state index contributed by atoms with van der Waals surface area (Å²) in [5.41, 5.74) is 1.51. The Bertz CT molecular complexity index is 1080. The van der Waals surface area contributed by atoms with E-state index in [4.69, 9.17) is 9.47 Å². The van der Waals surface area contributed by atoms with Crippen LogP contribution < -0.4 is 25.0 Å². The van der Waals surface area contributed by atoms with Crippen molar-refractivity contribution in [2.75, 3.05) is 55.6 Å². The first-order chi connectivity index (χ1) is 16.5. The van der Waals surface area contributed by atoms with Gasteiger partial charge in [0.25, 0.3) is 15.9 Å². The molecule has 2 heterocycles. The molecular weight excluding hydrogens is 456 g/mol. The van der Waals surface area contributed by atoms with Crippen molar-refractivity contribution in [3.63, 3.8) is 0 Å². The molecule has 2 aliphatic heterocycles. The maximum Gasteiger partial charge on any atom is 0.261 e.